The van der Waals surface area contributed by atoms with Crippen LogP contribution in [0.25, 0.3) is 0 Å². The van der Waals surface area contributed by atoms with Crippen molar-refractivity contribution in [1.29, 1.82) is 0 Å². The Bertz CT molecular complexity index is 590. The van der Waals surface area contributed by atoms with Gasteiger partial charge in [-0.1, -0.05) is 0 Å². The lowest BCUT2D eigenvalue weighted by molar-refractivity contribution is -0.148. The average molecular weight is 337 g/mol. The van der Waals surface area contributed by atoms with Crippen molar-refractivity contribution in [3.8, 4) is 0 Å². The molecule has 0 saturated carbocycles. The van der Waals surface area contributed by atoms with Crippen LogP contribution in [0, 0.1) is 0 Å². The molecule has 23 heavy (non-hydrogen) atoms. The Hall–Kier alpha value is -2.10. The normalized spacial score (nSPS) is 13.7. The van der Waals surface area contributed by atoms with Crippen LogP contribution < -0.4 is 5.32 Å². The monoisotopic (exact) mass is 337 g/mol. The molecule has 0 saturated heterocycles. The highest BCUT2D eigenvalue weighted by molar-refractivity contribution is 5.95. The topological polar surface area (TPSA) is 93.5 Å². The van der Waals surface area contributed by atoms with Crippen molar-refractivity contribution >= 4 is 11.9 Å². The molecule has 1 rings (SSSR count). The minimum Gasteiger partial charge on any atom is -0.479 e. The number of amides is 1. The maximum Gasteiger partial charge on any atom is 0.433 e. The highest BCUT2D eigenvalue weighted by Gasteiger charge is 2.42. The number of carboxylic acid groups (broad SMARTS) is 1. The van der Waals surface area contributed by atoms with Crippen LogP contribution in [0.2, 0.25) is 0 Å². The summed E-state index contributed by atoms with van der Waals surface area (Å²) < 4.78 is 45.1. The van der Waals surface area contributed by atoms with Crippen LogP contribution in [0.3, 0.4) is 0 Å². The fourth-order valence-electron chi connectivity index (χ4n) is 1.85. The Balaban J connectivity index is 3.11. The first-order valence-electron chi connectivity index (χ1n) is 6.59. The lowest BCUT2D eigenvalue weighted by Crippen LogP contribution is -2.38. The molecule has 1 aromatic heterocycles. The van der Waals surface area contributed by atoms with Gasteiger partial charge in [0.2, 0.25) is 0 Å². The number of carbonyl (C=O) groups excluding carboxylic acids is 1. The average Bonchev–Trinajstić information content (AvgIpc) is 2.83. The first kappa shape index (κ1) is 18.9. The van der Waals surface area contributed by atoms with Crippen molar-refractivity contribution in [2.75, 3.05) is 13.7 Å². The number of hydrogen-bond donors (Lipinski definition) is 2. The van der Waals surface area contributed by atoms with Gasteiger partial charge in [-0.15, -0.1) is 0 Å². The minimum absolute atomic E-state index is 0.470. The number of hydrogen-bond acceptors (Lipinski definition) is 4. The van der Waals surface area contributed by atoms with E-state index in [0.29, 0.717) is 4.68 Å². The molecule has 7 nitrogen and oxygen atoms in total. The molecule has 1 aromatic rings. The summed E-state index contributed by atoms with van der Waals surface area (Å²) >= 11 is 0. The fourth-order valence-corrected chi connectivity index (χ4v) is 1.85. The van der Waals surface area contributed by atoms with Gasteiger partial charge in [0, 0.05) is 7.11 Å². The number of nitrogens with zero attached hydrogens (tertiary/aromatic N) is 2. The van der Waals surface area contributed by atoms with Crippen molar-refractivity contribution in [3.63, 3.8) is 0 Å². The Kier molecular flexibility index (Phi) is 5.41. The van der Waals surface area contributed by atoms with E-state index in [4.69, 9.17) is 5.11 Å². The van der Waals surface area contributed by atoms with Gasteiger partial charge >= 0.3 is 12.1 Å². The van der Waals surface area contributed by atoms with Crippen LogP contribution in [0.1, 0.15) is 36.8 Å². The molecular formula is C13H18F3N3O4. The number of rotatable bonds is 5. The summed E-state index contributed by atoms with van der Waals surface area (Å²) in [5.74, 6) is -2.41. The number of methoxy groups -OCH3 is 1. The van der Waals surface area contributed by atoms with Crippen LogP contribution in [0.4, 0.5) is 13.2 Å². The van der Waals surface area contributed by atoms with E-state index in [1.54, 1.807) is 0 Å². The third-order valence-electron chi connectivity index (χ3n) is 2.93. The van der Waals surface area contributed by atoms with Crippen LogP contribution in [0.15, 0.2) is 6.20 Å². The van der Waals surface area contributed by atoms with E-state index in [2.05, 4.69) is 15.2 Å². The first-order chi connectivity index (χ1) is 10.4. The highest BCUT2D eigenvalue weighted by atomic mass is 19.4. The predicted molar refractivity (Wildman–Crippen MR) is 73.0 cm³/mol. The van der Waals surface area contributed by atoms with Crippen molar-refractivity contribution in [2.45, 2.75) is 38.6 Å². The number of aromatic nitrogens is 2. The summed E-state index contributed by atoms with van der Waals surface area (Å²) in [5, 5.41) is 14.5. The van der Waals surface area contributed by atoms with Crippen molar-refractivity contribution < 1.29 is 32.6 Å². The zero-order valence-corrected chi connectivity index (χ0v) is 13.1. The summed E-state index contributed by atoms with van der Waals surface area (Å²) in [6.07, 6.45) is -5.33. The smallest absolute Gasteiger partial charge is 0.433 e. The molecule has 0 bridgehead atoms. The van der Waals surface area contributed by atoms with Gasteiger partial charge in [0.25, 0.3) is 5.91 Å². The maximum absolute atomic E-state index is 13.3. The molecule has 0 aliphatic heterocycles. The Labute approximate surface area is 130 Å². The van der Waals surface area contributed by atoms with Crippen molar-refractivity contribution in [3.05, 3.63) is 17.5 Å². The van der Waals surface area contributed by atoms with Crippen LogP contribution in [-0.2, 0) is 21.2 Å². The molecule has 0 aromatic carbocycles. The molecule has 1 atom stereocenters. The van der Waals surface area contributed by atoms with Gasteiger partial charge in [-0.25, -0.2) is 4.79 Å². The molecular weight excluding hydrogens is 319 g/mol. The molecule has 0 fully saturated rings. The van der Waals surface area contributed by atoms with Gasteiger partial charge in [0.05, 0.1) is 23.8 Å². The van der Waals surface area contributed by atoms with Gasteiger partial charge in [0.1, 0.15) is 0 Å². The molecule has 1 heterocycles. The lowest BCUT2D eigenvalue weighted by Gasteiger charge is -2.23. The Morgan fingerprint density at radius 1 is 1.39 bits per heavy atom. The SMILES string of the molecule is COC(CNC(=O)c1cnn(C(C)(C)C)c1C(F)(F)F)C(=O)O. The van der Waals surface area contributed by atoms with E-state index in [-0.39, 0.29) is 0 Å². The molecule has 2 N–H and O–H groups in total. The molecule has 130 valence electrons. The van der Waals surface area contributed by atoms with Gasteiger partial charge in [0.15, 0.2) is 11.8 Å². The maximum atomic E-state index is 13.3. The van der Waals surface area contributed by atoms with Gasteiger partial charge in [-0.2, -0.15) is 18.3 Å². The van der Waals surface area contributed by atoms with Gasteiger partial charge in [-0.3, -0.25) is 9.48 Å². The molecule has 10 heteroatoms. The predicted octanol–water partition coefficient (Wildman–Crippen LogP) is 1.49. The summed E-state index contributed by atoms with van der Waals surface area (Å²) in [7, 11) is 1.11. The summed E-state index contributed by atoms with van der Waals surface area (Å²) in [6, 6.07) is 0. The standard InChI is InChI=1S/C13H18F3N3O4/c1-12(2,3)19-9(13(14,15)16)7(5-18-19)10(20)17-6-8(23-4)11(21)22/h5,8H,6H2,1-4H3,(H,17,20)(H,21,22). The molecule has 0 spiro atoms. The number of alkyl halides is 3. The minimum atomic E-state index is -4.79. The van der Waals surface area contributed by atoms with Crippen molar-refractivity contribution in [2.24, 2.45) is 0 Å². The van der Waals surface area contributed by atoms with E-state index in [9.17, 15) is 22.8 Å². The lowest BCUT2D eigenvalue weighted by atomic mass is 10.1. The van der Waals surface area contributed by atoms with E-state index < -0.39 is 47.5 Å². The number of nitrogens with one attached hydrogen (secondary N) is 1. The summed E-state index contributed by atoms with van der Waals surface area (Å²) in [5.41, 5.74) is -2.85. The number of carboxylic acids is 1. The summed E-state index contributed by atoms with van der Waals surface area (Å²) in [6.45, 7) is 4.08. The molecule has 0 aliphatic rings. The van der Waals surface area contributed by atoms with Crippen molar-refractivity contribution in [1.82, 2.24) is 15.1 Å². The zero-order valence-electron chi connectivity index (χ0n) is 13.1. The number of ether oxygens (including phenoxy) is 1. The number of aliphatic carboxylic acids is 1. The second-order valence-electron chi connectivity index (χ2n) is 5.76. The van der Waals surface area contributed by atoms with E-state index in [1.165, 1.54) is 20.8 Å². The highest BCUT2D eigenvalue weighted by Crippen LogP contribution is 2.34. The second-order valence-corrected chi connectivity index (χ2v) is 5.76. The molecule has 1 unspecified atom stereocenters. The Morgan fingerprint density at radius 2 is 1.96 bits per heavy atom. The summed E-state index contributed by atoms with van der Waals surface area (Å²) in [4.78, 5) is 22.8. The molecule has 0 radical (unpaired) electrons. The van der Waals surface area contributed by atoms with E-state index >= 15 is 0 Å². The van der Waals surface area contributed by atoms with Gasteiger partial charge < -0.3 is 15.2 Å². The van der Waals surface area contributed by atoms with E-state index in [1.807, 2.05) is 0 Å². The van der Waals surface area contributed by atoms with Crippen LogP contribution >= 0.6 is 0 Å². The largest absolute Gasteiger partial charge is 0.479 e. The van der Waals surface area contributed by atoms with Crippen LogP contribution in [0.5, 0.6) is 0 Å². The van der Waals surface area contributed by atoms with E-state index in [0.717, 1.165) is 13.3 Å². The second kappa shape index (κ2) is 6.57. The zero-order chi connectivity index (χ0) is 18.0. The fraction of sp³-hybridized carbons (Fsp3) is 0.615. The van der Waals surface area contributed by atoms with Crippen LogP contribution in [-0.4, -0.2) is 46.5 Å². The molecule has 1 amide bonds. The van der Waals surface area contributed by atoms with Gasteiger partial charge in [-0.05, 0) is 20.8 Å². The quantitative estimate of drug-likeness (QED) is 0.849. The first-order valence-corrected chi connectivity index (χ1v) is 6.59. The third kappa shape index (κ3) is 4.44. The number of halogens is 3. The molecule has 0 aliphatic carbocycles. The Morgan fingerprint density at radius 3 is 2.35 bits per heavy atom. The third-order valence-corrected chi connectivity index (χ3v) is 2.93. The number of carbonyl (C=O) groups is 2.